The van der Waals surface area contributed by atoms with Gasteiger partial charge in [-0.1, -0.05) is 48.5 Å². The van der Waals surface area contributed by atoms with Gasteiger partial charge in [0.05, 0.1) is 18.4 Å². The number of anilines is 1. The molecule has 1 spiro atoms. The lowest BCUT2D eigenvalue weighted by molar-refractivity contribution is -0.143. The van der Waals surface area contributed by atoms with E-state index in [1.54, 1.807) is 11.0 Å². The minimum atomic E-state index is -1.37. The van der Waals surface area contributed by atoms with Gasteiger partial charge in [0.15, 0.2) is 0 Å². The maximum atomic E-state index is 14.1. The summed E-state index contributed by atoms with van der Waals surface area (Å²) in [4.78, 5) is 58.9. The summed E-state index contributed by atoms with van der Waals surface area (Å²) < 4.78 is 0. The van der Waals surface area contributed by atoms with Gasteiger partial charge in [0, 0.05) is 30.4 Å². The van der Waals surface area contributed by atoms with Crippen molar-refractivity contribution < 1.29 is 19.2 Å². The normalized spacial score (nSPS) is 27.1. The predicted octanol–water partition coefficient (Wildman–Crippen LogP) is 1.89. The van der Waals surface area contributed by atoms with Gasteiger partial charge < -0.3 is 9.80 Å². The van der Waals surface area contributed by atoms with Crippen molar-refractivity contribution in [3.05, 3.63) is 65.7 Å². The number of amides is 4. The summed E-state index contributed by atoms with van der Waals surface area (Å²) >= 11 is 0. The van der Waals surface area contributed by atoms with Crippen molar-refractivity contribution in [2.24, 2.45) is 11.8 Å². The number of fused-ring (bicyclic) bond motifs is 4. The first-order valence-electron chi connectivity index (χ1n) is 12.2. The maximum Gasteiger partial charge on any atom is 0.253 e. The van der Waals surface area contributed by atoms with Crippen LogP contribution in [0.3, 0.4) is 0 Å². The third-order valence-corrected chi connectivity index (χ3v) is 7.70. The average molecular weight is 475 g/mol. The zero-order chi connectivity index (χ0) is 24.9. The topological polar surface area (TPSA) is 90.0 Å². The Morgan fingerprint density at radius 1 is 0.943 bits per heavy atom. The molecule has 182 valence electrons. The number of likely N-dealkylation sites (N-methyl/N-ethyl adjacent to an activating group) is 1. The van der Waals surface area contributed by atoms with Crippen molar-refractivity contribution in [3.63, 3.8) is 0 Å². The standard InChI is InChI=1S/C27H30N4O4/c1-4-29(5-2)21(32)16-30-20-14-10-9-13-19(20)27(26(30)35)23-22(17(3)28-27)24(33)31(25(23)34)15-18-11-7-6-8-12-18/h6-14,17,22-23,28H,4-5,15-16H2,1-3H3/t17-,22-,23+,27+/m1/s1. The maximum absolute atomic E-state index is 14.1. The largest absolute Gasteiger partial charge is 0.342 e. The number of benzene rings is 2. The molecule has 35 heavy (non-hydrogen) atoms. The minimum Gasteiger partial charge on any atom is -0.342 e. The fourth-order valence-corrected chi connectivity index (χ4v) is 6.06. The van der Waals surface area contributed by atoms with Crippen molar-refractivity contribution in [2.45, 2.75) is 38.9 Å². The van der Waals surface area contributed by atoms with Crippen LogP contribution in [0.5, 0.6) is 0 Å². The Morgan fingerprint density at radius 3 is 2.29 bits per heavy atom. The molecule has 3 aliphatic heterocycles. The molecular weight excluding hydrogens is 444 g/mol. The Bertz CT molecular complexity index is 1190. The summed E-state index contributed by atoms with van der Waals surface area (Å²) in [5.41, 5.74) is 0.746. The second-order valence-corrected chi connectivity index (χ2v) is 9.47. The van der Waals surface area contributed by atoms with Gasteiger partial charge in [-0.05, 0) is 32.4 Å². The van der Waals surface area contributed by atoms with Crippen LogP contribution in [0.1, 0.15) is 31.9 Å². The molecule has 5 rings (SSSR count). The Labute approximate surface area is 204 Å². The number of likely N-dealkylation sites (tertiary alicyclic amines) is 1. The molecule has 2 fully saturated rings. The van der Waals surface area contributed by atoms with E-state index in [-0.39, 0.29) is 42.8 Å². The Hall–Kier alpha value is -3.52. The van der Waals surface area contributed by atoms with Gasteiger partial charge in [0.2, 0.25) is 17.7 Å². The van der Waals surface area contributed by atoms with Crippen LogP contribution >= 0.6 is 0 Å². The van der Waals surface area contributed by atoms with Crippen LogP contribution in [0.4, 0.5) is 5.69 Å². The zero-order valence-electron chi connectivity index (χ0n) is 20.2. The second kappa shape index (κ2) is 8.61. The second-order valence-electron chi connectivity index (χ2n) is 9.47. The summed E-state index contributed by atoms with van der Waals surface area (Å²) in [5.74, 6) is -2.62. The highest BCUT2D eigenvalue weighted by atomic mass is 16.2. The van der Waals surface area contributed by atoms with E-state index in [1.165, 1.54) is 9.80 Å². The Morgan fingerprint density at radius 2 is 1.60 bits per heavy atom. The van der Waals surface area contributed by atoms with E-state index >= 15 is 0 Å². The fourth-order valence-electron chi connectivity index (χ4n) is 6.06. The summed E-state index contributed by atoms with van der Waals surface area (Å²) in [6.07, 6.45) is 0. The van der Waals surface area contributed by atoms with Gasteiger partial charge in [-0.3, -0.25) is 29.4 Å². The van der Waals surface area contributed by atoms with Gasteiger partial charge in [-0.15, -0.1) is 0 Å². The third-order valence-electron chi connectivity index (χ3n) is 7.70. The van der Waals surface area contributed by atoms with E-state index in [0.717, 1.165) is 5.56 Å². The summed E-state index contributed by atoms with van der Waals surface area (Å²) in [6, 6.07) is 16.3. The molecule has 2 aromatic rings. The van der Waals surface area contributed by atoms with Crippen molar-refractivity contribution >= 4 is 29.3 Å². The van der Waals surface area contributed by atoms with Crippen LogP contribution in [0, 0.1) is 11.8 Å². The smallest absolute Gasteiger partial charge is 0.253 e. The highest BCUT2D eigenvalue weighted by Crippen LogP contribution is 2.54. The highest BCUT2D eigenvalue weighted by molar-refractivity contribution is 6.17. The molecule has 0 unspecified atom stereocenters. The van der Waals surface area contributed by atoms with Gasteiger partial charge >= 0.3 is 0 Å². The number of nitrogens with zero attached hydrogens (tertiary/aromatic N) is 3. The third kappa shape index (κ3) is 3.31. The van der Waals surface area contributed by atoms with E-state index in [1.807, 2.05) is 69.3 Å². The summed E-state index contributed by atoms with van der Waals surface area (Å²) in [7, 11) is 0. The zero-order valence-corrected chi connectivity index (χ0v) is 20.2. The molecule has 2 saturated heterocycles. The van der Waals surface area contributed by atoms with Crippen LogP contribution in [0.2, 0.25) is 0 Å². The average Bonchev–Trinajstić information content (AvgIpc) is 3.40. The number of para-hydroxylation sites is 1. The number of nitrogens with one attached hydrogen (secondary N) is 1. The van der Waals surface area contributed by atoms with Gasteiger partial charge in [0.1, 0.15) is 12.1 Å². The van der Waals surface area contributed by atoms with E-state index in [9.17, 15) is 19.2 Å². The molecule has 4 atom stereocenters. The molecule has 1 N–H and O–H groups in total. The quantitative estimate of drug-likeness (QED) is 0.646. The van der Waals surface area contributed by atoms with Crippen LogP contribution in [0.25, 0.3) is 0 Å². The van der Waals surface area contributed by atoms with E-state index in [4.69, 9.17) is 0 Å². The Balaban J connectivity index is 1.54. The van der Waals surface area contributed by atoms with Crippen molar-refractivity contribution in [3.8, 4) is 0 Å². The molecule has 2 aromatic carbocycles. The first-order chi connectivity index (χ1) is 16.8. The molecule has 0 saturated carbocycles. The van der Waals surface area contributed by atoms with Crippen LogP contribution in [-0.4, -0.2) is 59.1 Å². The van der Waals surface area contributed by atoms with Crippen molar-refractivity contribution in [1.82, 2.24) is 15.1 Å². The lowest BCUT2D eigenvalue weighted by Crippen LogP contribution is -2.55. The molecule has 3 aliphatic rings. The number of hydrogen-bond acceptors (Lipinski definition) is 5. The van der Waals surface area contributed by atoms with E-state index in [2.05, 4.69) is 5.32 Å². The summed E-state index contributed by atoms with van der Waals surface area (Å²) in [5, 5.41) is 3.36. The number of hydrogen-bond donors (Lipinski definition) is 1. The van der Waals surface area contributed by atoms with Crippen molar-refractivity contribution in [1.29, 1.82) is 0 Å². The van der Waals surface area contributed by atoms with Gasteiger partial charge in [0.25, 0.3) is 5.91 Å². The number of carbonyl (C=O) groups is 4. The number of rotatable bonds is 6. The van der Waals surface area contributed by atoms with E-state index < -0.39 is 17.4 Å². The molecule has 3 heterocycles. The molecule has 0 radical (unpaired) electrons. The molecule has 8 heteroatoms. The van der Waals surface area contributed by atoms with Crippen molar-refractivity contribution in [2.75, 3.05) is 24.5 Å². The molecule has 0 bridgehead atoms. The molecular formula is C27H30N4O4. The Kier molecular flexibility index (Phi) is 5.71. The predicted molar refractivity (Wildman–Crippen MR) is 130 cm³/mol. The summed E-state index contributed by atoms with van der Waals surface area (Å²) in [6.45, 7) is 6.81. The van der Waals surface area contributed by atoms with Gasteiger partial charge in [-0.25, -0.2) is 0 Å². The molecule has 4 amide bonds. The lowest BCUT2D eigenvalue weighted by Gasteiger charge is -2.30. The van der Waals surface area contributed by atoms with E-state index in [0.29, 0.717) is 24.3 Å². The number of carbonyl (C=O) groups excluding carboxylic acids is 4. The minimum absolute atomic E-state index is 0.109. The van der Waals surface area contributed by atoms with Crippen LogP contribution < -0.4 is 10.2 Å². The lowest BCUT2D eigenvalue weighted by atomic mass is 9.76. The first kappa shape index (κ1) is 23.2. The van der Waals surface area contributed by atoms with Crippen LogP contribution in [0.15, 0.2) is 54.6 Å². The molecule has 0 aliphatic carbocycles. The van der Waals surface area contributed by atoms with Gasteiger partial charge in [-0.2, -0.15) is 0 Å². The number of imide groups is 1. The fraction of sp³-hybridized carbons (Fsp3) is 0.407. The molecule has 8 nitrogen and oxygen atoms in total. The monoisotopic (exact) mass is 474 g/mol. The van der Waals surface area contributed by atoms with Crippen LogP contribution in [-0.2, 0) is 31.3 Å². The molecule has 0 aromatic heterocycles. The first-order valence-corrected chi connectivity index (χ1v) is 12.2. The highest BCUT2D eigenvalue weighted by Gasteiger charge is 2.70. The SMILES string of the molecule is CCN(CC)C(=O)CN1C(=O)[C@]2(N[C@H](C)[C@H]3C(=O)N(Cc4ccccc4)C(=O)[C@H]32)c2ccccc21.